The first-order valence-corrected chi connectivity index (χ1v) is 8.88. The van der Waals surface area contributed by atoms with E-state index in [2.05, 4.69) is 9.55 Å². The van der Waals surface area contributed by atoms with Gasteiger partial charge in [0.05, 0.1) is 17.6 Å². The second-order valence-electron chi connectivity index (χ2n) is 6.90. The Morgan fingerprint density at radius 3 is 3.00 bits per heavy atom. The Hall–Kier alpha value is -2.73. The standard InChI is InChI=1S/C20H21N3O3/c1-13-7-16(9-21-20(13)25)19-22-17-8-14(11-24)4-5-18(17)23(19)10-15-3-2-6-26-12-15/h4-5,7-9,11,15H,2-3,6,10,12H2,1H3,(H,21,25). The minimum atomic E-state index is -0.0969. The number of aromatic nitrogens is 3. The molecule has 6 heteroatoms. The Bertz CT molecular complexity index is 1010. The van der Waals surface area contributed by atoms with Crippen LogP contribution in [0.15, 0.2) is 35.3 Å². The molecule has 1 aliphatic rings. The number of aromatic amines is 1. The van der Waals surface area contributed by atoms with Crippen LogP contribution < -0.4 is 5.56 Å². The number of carbonyl (C=O) groups is 1. The quantitative estimate of drug-likeness (QED) is 0.733. The van der Waals surface area contributed by atoms with Gasteiger partial charge in [-0.3, -0.25) is 9.59 Å². The van der Waals surface area contributed by atoms with Gasteiger partial charge in [0.15, 0.2) is 0 Å². The average molecular weight is 351 g/mol. The average Bonchev–Trinajstić information content (AvgIpc) is 3.02. The Morgan fingerprint density at radius 2 is 2.27 bits per heavy atom. The van der Waals surface area contributed by atoms with Gasteiger partial charge in [-0.2, -0.15) is 0 Å². The van der Waals surface area contributed by atoms with Gasteiger partial charge in [-0.05, 0) is 44.0 Å². The van der Waals surface area contributed by atoms with Gasteiger partial charge in [0.1, 0.15) is 12.1 Å². The smallest absolute Gasteiger partial charge is 0.250 e. The van der Waals surface area contributed by atoms with Crippen molar-refractivity contribution in [1.29, 1.82) is 0 Å². The predicted molar refractivity (Wildman–Crippen MR) is 99.5 cm³/mol. The second kappa shape index (κ2) is 6.88. The van der Waals surface area contributed by atoms with Crippen molar-refractivity contribution in [3.63, 3.8) is 0 Å². The summed E-state index contributed by atoms with van der Waals surface area (Å²) in [7, 11) is 0. The number of imidazole rings is 1. The number of ether oxygens (including phenoxy) is 1. The van der Waals surface area contributed by atoms with E-state index in [0.29, 0.717) is 17.0 Å². The molecule has 4 rings (SSSR count). The largest absolute Gasteiger partial charge is 0.381 e. The Kier molecular flexibility index (Phi) is 4.42. The molecule has 1 aliphatic heterocycles. The van der Waals surface area contributed by atoms with Gasteiger partial charge < -0.3 is 14.3 Å². The normalized spacial score (nSPS) is 17.5. The van der Waals surface area contributed by atoms with E-state index in [4.69, 9.17) is 9.72 Å². The van der Waals surface area contributed by atoms with Gasteiger partial charge in [0.25, 0.3) is 5.56 Å². The van der Waals surface area contributed by atoms with Crippen LogP contribution in [-0.2, 0) is 11.3 Å². The summed E-state index contributed by atoms with van der Waals surface area (Å²) >= 11 is 0. The lowest BCUT2D eigenvalue weighted by molar-refractivity contribution is 0.0489. The first-order chi connectivity index (χ1) is 12.7. The van der Waals surface area contributed by atoms with Gasteiger partial charge in [-0.15, -0.1) is 0 Å². The van der Waals surface area contributed by atoms with Crippen LogP contribution in [0.5, 0.6) is 0 Å². The van der Waals surface area contributed by atoms with Crippen molar-refractivity contribution in [1.82, 2.24) is 14.5 Å². The fourth-order valence-corrected chi connectivity index (χ4v) is 3.56. The highest BCUT2D eigenvalue weighted by atomic mass is 16.5. The van der Waals surface area contributed by atoms with E-state index >= 15 is 0 Å². The van der Waals surface area contributed by atoms with Gasteiger partial charge in [-0.25, -0.2) is 4.98 Å². The van der Waals surface area contributed by atoms with Gasteiger partial charge in [0.2, 0.25) is 0 Å². The number of pyridine rings is 1. The first-order valence-electron chi connectivity index (χ1n) is 8.88. The van der Waals surface area contributed by atoms with Crippen LogP contribution in [0.1, 0.15) is 28.8 Å². The highest BCUT2D eigenvalue weighted by Crippen LogP contribution is 2.28. The molecule has 6 nitrogen and oxygen atoms in total. The highest BCUT2D eigenvalue weighted by molar-refractivity contribution is 5.87. The van der Waals surface area contributed by atoms with Crippen molar-refractivity contribution >= 4 is 17.3 Å². The number of fused-ring (bicyclic) bond motifs is 1. The second-order valence-corrected chi connectivity index (χ2v) is 6.90. The summed E-state index contributed by atoms with van der Waals surface area (Å²) in [4.78, 5) is 30.4. The van der Waals surface area contributed by atoms with E-state index in [1.807, 2.05) is 18.2 Å². The summed E-state index contributed by atoms with van der Waals surface area (Å²) in [5.41, 5.74) is 3.79. The van der Waals surface area contributed by atoms with Crippen LogP contribution in [0.2, 0.25) is 0 Å². The van der Waals surface area contributed by atoms with Crippen LogP contribution in [0.4, 0.5) is 0 Å². The molecule has 1 saturated heterocycles. The zero-order valence-electron chi connectivity index (χ0n) is 14.7. The summed E-state index contributed by atoms with van der Waals surface area (Å²) < 4.78 is 7.81. The molecule has 3 aromatic rings. The molecule has 0 spiro atoms. The molecular formula is C20H21N3O3. The molecule has 3 heterocycles. The topological polar surface area (TPSA) is 77.0 Å². The van der Waals surface area contributed by atoms with Gasteiger partial charge in [-0.1, -0.05) is 0 Å². The lowest BCUT2D eigenvalue weighted by Crippen LogP contribution is -2.22. The van der Waals surface area contributed by atoms with E-state index in [1.54, 1.807) is 19.2 Å². The predicted octanol–water partition coefficient (Wildman–Crippen LogP) is 2.94. The lowest BCUT2D eigenvalue weighted by atomic mass is 10.0. The maximum absolute atomic E-state index is 11.7. The maximum Gasteiger partial charge on any atom is 0.250 e. The van der Waals surface area contributed by atoms with Crippen molar-refractivity contribution in [3.8, 4) is 11.4 Å². The number of hydrogen-bond donors (Lipinski definition) is 1. The Morgan fingerprint density at radius 1 is 1.38 bits per heavy atom. The molecule has 0 aliphatic carbocycles. The van der Waals surface area contributed by atoms with Crippen molar-refractivity contribution in [2.24, 2.45) is 5.92 Å². The van der Waals surface area contributed by atoms with E-state index in [1.165, 1.54) is 0 Å². The number of rotatable bonds is 4. The number of carbonyl (C=O) groups excluding carboxylic acids is 1. The molecule has 0 amide bonds. The molecule has 1 atom stereocenters. The fraction of sp³-hybridized carbons (Fsp3) is 0.350. The molecule has 0 bridgehead atoms. The Balaban J connectivity index is 1.85. The number of nitrogens with one attached hydrogen (secondary N) is 1. The van der Waals surface area contributed by atoms with E-state index in [-0.39, 0.29) is 5.56 Å². The van der Waals surface area contributed by atoms with E-state index < -0.39 is 0 Å². The third-order valence-electron chi connectivity index (χ3n) is 4.95. The fourth-order valence-electron chi connectivity index (χ4n) is 3.56. The summed E-state index contributed by atoms with van der Waals surface area (Å²) in [6, 6.07) is 7.41. The third kappa shape index (κ3) is 3.08. The van der Waals surface area contributed by atoms with Gasteiger partial charge >= 0.3 is 0 Å². The van der Waals surface area contributed by atoms with Crippen molar-refractivity contribution < 1.29 is 9.53 Å². The van der Waals surface area contributed by atoms with Crippen molar-refractivity contribution in [3.05, 3.63) is 51.9 Å². The van der Waals surface area contributed by atoms with E-state index in [0.717, 1.165) is 61.3 Å². The number of benzene rings is 1. The molecule has 1 N–H and O–H groups in total. The molecule has 1 fully saturated rings. The molecule has 0 saturated carbocycles. The van der Waals surface area contributed by atoms with Crippen LogP contribution in [0, 0.1) is 12.8 Å². The minimum Gasteiger partial charge on any atom is -0.381 e. The molecule has 1 aromatic carbocycles. The summed E-state index contributed by atoms with van der Waals surface area (Å²) in [5, 5.41) is 0. The van der Waals surface area contributed by atoms with Gasteiger partial charge in [0, 0.05) is 42.0 Å². The number of hydrogen-bond acceptors (Lipinski definition) is 4. The van der Waals surface area contributed by atoms with Crippen molar-refractivity contribution in [2.75, 3.05) is 13.2 Å². The molecule has 1 unspecified atom stereocenters. The minimum absolute atomic E-state index is 0.0969. The summed E-state index contributed by atoms with van der Waals surface area (Å²) in [5.74, 6) is 1.22. The molecular weight excluding hydrogens is 330 g/mol. The van der Waals surface area contributed by atoms with Crippen LogP contribution >= 0.6 is 0 Å². The Labute approximate surface area is 150 Å². The highest BCUT2D eigenvalue weighted by Gasteiger charge is 2.20. The zero-order valence-corrected chi connectivity index (χ0v) is 14.7. The molecule has 26 heavy (non-hydrogen) atoms. The third-order valence-corrected chi connectivity index (χ3v) is 4.95. The van der Waals surface area contributed by atoms with Crippen LogP contribution in [-0.4, -0.2) is 34.0 Å². The first kappa shape index (κ1) is 16.7. The number of nitrogens with zero attached hydrogens (tertiary/aromatic N) is 2. The maximum atomic E-state index is 11.7. The lowest BCUT2D eigenvalue weighted by Gasteiger charge is -2.23. The SMILES string of the molecule is Cc1cc(-c2nc3cc(C=O)ccc3n2CC2CCCOC2)c[nH]c1=O. The van der Waals surface area contributed by atoms with Crippen molar-refractivity contribution in [2.45, 2.75) is 26.3 Å². The molecule has 134 valence electrons. The zero-order chi connectivity index (χ0) is 18.1. The molecule has 0 radical (unpaired) electrons. The number of H-pyrrole nitrogens is 1. The number of aryl methyl sites for hydroxylation is 1. The monoisotopic (exact) mass is 351 g/mol. The van der Waals surface area contributed by atoms with Crippen LogP contribution in [0.3, 0.4) is 0 Å². The number of aldehydes is 1. The molecule has 2 aromatic heterocycles. The summed E-state index contributed by atoms with van der Waals surface area (Å²) in [6.07, 6.45) is 4.72. The van der Waals surface area contributed by atoms with Crippen LogP contribution in [0.25, 0.3) is 22.4 Å². The summed E-state index contributed by atoms with van der Waals surface area (Å²) in [6.45, 7) is 4.16. The van der Waals surface area contributed by atoms with E-state index in [9.17, 15) is 9.59 Å².